The second-order valence-electron chi connectivity index (χ2n) is 5.29. The third kappa shape index (κ3) is 3.64. The van der Waals surface area contributed by atoms with Crippen LogP contribution in [-0.2, 0) is 12.1 Å². The lowest BCUT2D eigenvalue weighted by molar-refractivity contribution is 0.138. The molecule has 1 unspecified atom stereocenters. The molecule has 1 aromatic carbocycles. The highest BCUT2D eigenvalue weighted by atomic mass is 35.5. The Morgan fingerprint density at radius 3 is 2.57 bits per heavy atom. The van der Waals surface area contributed by atoms with Crippen LogP contribution < -0.4 is 5.32 Å². The molecule has 0 saturated heterocycles. The normalized spacial score (nSPS) is 14.1. The summed E-state index contributed by atoms with van der Waals surface area (Å²) in [4.78, 5) is 0. The van der Waals surface area contributed by atoms with Crippen LogP contribution in [0.4, 0.5) is 0 Å². The van der Waals surface area contributed by atoms with E-state index in [1.165, 1.54) is 0 Å². The largest absolute Gasteiger partial charge is 0.394 e. The van der Waals surface area contributed by atoms with E-state index in [2.05, 4.69) is 17.3 Å². The van der Waals surface area contributed by atoms with Crippen LogP contribution >= 0.6 is 11.6 Å². The maximum absolute atomic E-state index is 10.1. The minimum Gasteiger partial charge on any atom is -0.394 e. The van der Waals surface area contributed by atoms with Gasteiger partial charge in [-0.3, -0.25) is 4.68 Å². The molecule has 4 nitrogen and oxygen atoms in total. The van der Waals surface area contributed by atoms with Gasteiger partial charge in [-0.2, -0.15) is 5.10 Å². The van der Waals surface area contributed by atoms with Crippen molar-refractivity contribution in [1.29, 1.82) is 0 Å². The number of nitrogens with one attached hydrogen (secondary N) is 1. The van der Waals surface area contributed by atoms with Gasteiger partial charge in [0.05, 0.1) is 29.4 Å². The van der Waals surface area contributed by atoms with E-state index in [-0.39, 0.29) is 6.61 Å². The van der Waals surface area contributed by atoms with Gasteiger partial charge in [-0.05, 0) is 25.5 Å². The lowest BCUT2D eigenvalue weighted by Gasteiger charge is -2.33. The van der Waals surface area contributed by atoms with Crippen LogP contribution in [0.5, 0.6) is 0 Å². The van der Waals surface area contributed by atoms with Crippen molar-refractivity contribution in [3.8, 4) is 0 Å². The van der Waals surface area contributed by atoms with Crippen molar-refractivity contribution in [3.63, 3.8) is 0 Å². The number of aryl methyl sites for hydroxylation is 1. The lowest BCUT2D eigenvalue weighted by atomic mass is 9.90. The van der Waals surface area contributed by atoms with Crippen molar-refractivity contribution in [1.82, 2.24) is 15.1 Å². The average Bonchev–Trinajstić information content (AvgIpc) is 2.82. The first kappa shape index (κ1) is 16.0. The van der Waals surface area contributed by atoms with E-state index in [0.717, 1.165) is 24.2 Å². The second kappa shape index (κ2) is 7.07. The van der Waals surface area contributed by atoms with E-state index in [0.29, 0.717) is 11.6 Å². The maximum atomic E-state index is 10.1. The van der Waals surface area contributed by atoms with E-state index in [1.54, 1.807) is 10.9 Å². The molecular weight excluding hydrogens is 286 g/mol. The van der Waals surface area contributed by atoms with Crippen LogP contribution in [0.25, 0.3) is 0 Å². The Morgan fingerprint density at radius 1 is 1.33 bits per heavy atom. The summed E-state index contributed by atoms with van der Waals surface area (Å²) in [6.07, 6.45) is 2.80. The molecule has 0 fully saturated rings. The van der Waals surface area contributed by atoms with Crippen LogP contribution in [0.15, 0.2) is 36.5 Å². The highest BCUT2D eigenvalue weighted by molar-refractivity contribution is 6.31. The molecule has 1 aromatic heterocycles. The summed E-state index contributed by atoms with van der Waals surface area (Å²) in [5.74, 6) is 0. The van der Waals surface area contributed by atoms with Crippen molar-refractivity contribution in [2.24, 2.45) is 0 Å². The fraction of sp³-hybridized carbons (Fsp3) is 0.438. The highest BCUT2D eigenvalue weighted by Gasteiger charge is 2.31. The molecule has 0 amide bonds. The van der Waals surface area contributed by atoms with Crippen molar-refractivity contribution in [2.75, 3.05) is 13.2 Å². The molecule has 21 heavy (non-hydrogen) atoms. The Labute approximate surface area is 130 Å². The molecule has 0 spiro atoms. The number of hydrogen-bond acceptors (Lipinski definition) is 3. The molecule has 1 atom stereocenters. The van der Waals surface area contributed by atoms with Gasteiger partial charge in [-0.1, -0.05) is 48.9 Å². The minimum absolute atomic E-state index is 0.00641. The van der Waals surface area contributed by atoms with E-state index in [4.69, 9.17) is 11.6 Å². The number of hydrogen-bond donors (Lipinski definition) is 2. The van der Waals surface area contributed by atoms with Crippen LogP contribution in [0.1, 0.15) is 24.6 Å². The first-order valence-corrected chi connectivity index (χ1v) is 7.60. The van der Waals surface area contributed by atoms with Gasteiger partial charge in [0.2, 0.25) is 0 Å². The zero-order chi connectivity index (χ0) is 15.3. The number of nitrogens with zero attached hydrogens (tertiary/aromatic N) is 2. The molecule has 2 N–H and O–H groups in total. The molecule has 0 bridgehead atoms. The number of rotatable bonds is 7. The summed E-state index contributed by atoms with van der Waals surface area (Å²) in [7, 11) is 0. The van der Waals surface area contributed by atoms with Crippen LogP contribution in [0, 0.1) is 6.92 Å². The third-order valence-corrected chi connectivity index (χ3v) is 4.00. The van der Waals surface area contributed by atoms with Gasteiger partial charge in [-0.25, -0.2) is 0 Å². The standard InChI is InChI=1S/C16H22ClN3O/c1-3-9-18-16(12-21,14-7-5-4-6-8-14)11-20-10-15(17)13(2)19-20/h4-8,10,18,21H,3,9,11-12H2,1-2H3. The summed E-state index contributed by atoms with van der Waals surface area (Å²) >= 11 is 6.09. The van der Waals surface area contributed by atoms with Crippen LogP contribution in [-0.4, -0.2) is 28.0 Å². The Bertz CT molecular complexity index is 551. The Balaban J connectivity index is 2.34. The molecule has 0 aliphatic rings. The number of aromatic nitrogens is 2. The monoisotopic (exact) mass is 307 g/mol. The molecule has 0 radical (unpaired) electrons. The smallest absolute Gasteiger partial charge is 0.0867 e. The Morgan fingerprint density at radius 2 is 2.05 bits per heavy atom. The van der Waals surface area contributed by atoms with E-state index in [1.807, 2.05) is 37.3 Å². The molecule has 0 aliphatic heterocycles. The van der Waals surface area contributed by atoms with E-state index >= 15 is 0 Å². The Hall–Kier alpha value is -1.36. The Kier molecular flexibility index (Phi) is 5.39. The zero-order valence-corrected chi connectivity index (χ0v) is 13.3. The predicted octanol–water partition coefficient (Wildman–Crippen LogP) is 2.73. The van der Waals surface area contributed by atoms with Gasteiger partial charge in [0.25, 0.3) is 0 Å². The third-order valence-electron chi connectivity index (χ3n) is 3.63. The van der Waals surface area contributed by atoms with Crippen molar-refractivity contribution < 1.29 is 5.11 Å². The summed E-state index contributed by atoms with van der Waals surface area (Å²) < 4.78 is 1.80. The maximum Gasteiger partial charge on any atom is 0.0867 e. The number of aliphatic hydroxyl groups is 1. The summed E-state index contributed by atoms with van der Waals surface area (Å²) in [6, 6.07) is 9.98. The predicted molar refractivity (Wildman–Crippen MR) is 85.5 cm³/mol. The number of halogens is 1. The average molecular weight is 308 g/mol. The fourth-order valence-corrected chi connectivity index (χ4v) is 2.57. The first-order chi connectivity index (χ1) is 10.1. The van der Waals surface area contributed by atoms with Gasteiger partial charge in [0, 0.05) is 6.20 Å². The van der Waals surface area contributed by atoms with Gasteiger partial charge in [0.15, 0.2) is 0 Å². The SMILES string of the molecule is CCCNC(CO)(Cn1cc(Cl)c(C)n1)c1ccccc1. The molecule has 0 saturated carbocycles. The molecule has 2 aromatic rings. The van der Waals surface area contributed by atoms with Crippen molar-refractivity contribution in [2.45, 2.75) is 32.4 Å². The van der Waals surface area contributed by atoms with Gasteiger partial charge in [-0.15, -0.1) is 0 Å². The van der Waals surface area contributed by atoms with Crippen molar-refractivity contribution in [3.05, 3.63) is 52.8 Å². The number of benzene rings is 1. The van der Waals surface area contributed by atoms with Crippen molar-refractivity contribution >= 4 is 11.6 Å². The molecule has 5 heteroatoms. The van der Waals surface area contributed by atoms with E-state index < -0.39 is 5.54 Å². The minimum atomic E-state index is -0.556. The van der Waals surface area contributed by atoms with Gasteiger partial charge >= 0.3 is 0 Å². The zero-order valence-electron chi connectivity index (χ0n) is 12.5. The lowest BCUT2D eigenvalue weighted by Crippen LogP contribution is -2.49. The van der Waals surface area contributed by atoms with Gasteiger partial charge < -0.3 is 10.4 Å². The molecule has 0 aliphatic carbocycles. The quantitative estimate of drug-likeness (QED) is 0.827. The molecule has 1 heterocycles. The van der Waals surface area contributed by atoms with Crippen LogP contribution in [0.3, 0.4) is 0 Å². The molecule has 114 valence electrons. The topological polar surface area (TPSA) is 50.1 Å². The van der Waals surface area contributed by atoms with Crippen LogP contribution in [0.2, 0.25) is 5.02 Å². The fourth-order valence-electron chi connectivity index (χ4n) is 2.42. The van der Waals surface area contributed by atoms with Gasteiger partial charge in [0.1, 0.15) is 0 Å². The molecule has 2 rings (SSSR count). The van der Waals surface area contributed by atoms with E-state index in [9.17, 15) is 5.11 Å². The summed E-state index contributed by atoms with van der Waals surface area (Å²) in [5.41, 5.74) is 1.29. The molecular formula is C16H22ClN3O. The summed E-state index contributed by atoms with van der Waals surface area (Å²) in [6.45, 7) is 5.33. The highest BCUT2D eigenvalue weighted by Crippen LogP contribution is 2.24. The first-order valence-electron chi connectivity index (χ1n) is 7.22. The second-order valence-corrected chi connectivity index (χ2v) is 5.70. The summed E-state index contributed by atoms with van der Waals surface area (Å²) in [5, 5.41) is 18.6. The number of aliphatic hydroxyl groups excluding tert-OH is 1.